The first-order valence-corrected chi connectivity index (χ1v) is 6.43. The summed E-state index contributed by atoms with van der Waals surface area (Å²) in [7, 11) is -1.11. The van der Waals surface area contributed by atoms with E-state index in [1.165, 1.54) is 6.26 Å². The molecule has 1 aromatic rings. The standard InChI is InChI=1S/C8H15N3O2S/c1-9-7(3-6-14(2,12)13)8-10-4-5-11-8/h4-5,7,9H,3,6H2,1-2H3,(H,10,11). The Kier molecular flexibility index (Phi) is 3.65. The van der Waals surface area contributed by atoms with E-state index in [0.29, 0.717) is 6.42 Å². The zero-order valence-corrected chi connectivity index (χ0v) is 9.13. The summed E-state index contributed by atoms with van der Waals surface area (Å²) in [4.78, 5) is 7.03. The van der Waals surface area contributed by atoms with Gasteiger partial charge in [-0.25, -0.2) is 13.4 Å². The van der Waals surface area contributed by atoms with Crippen LogP contribution in [0.3, 0.4) is 0 Å². The topological polar surface area (TPSA) is 74.8 Å². The van der Waals surface area contributed by atoms with Crippen LogP contribution in [0.5, 0.6) is 0 Å². The number of aromatic amines is 1. The average molecular weight is 217 g/mol. The molecule has 0 aliphatic heterocycles. The van der Waals surface area contributed by atoms with Crippen LogP contribution in [0.1, 0.15) is 18.3 Å². The summed E-state index contributed by atoms with van der Waals surface area (Å²) in [5, 5.41) is 3.02. The van der Waals surface area contributed by atoms with Gasteiger partial charge in [-0.05, 0) is 13.5 Å². The molecule has 1 heterocycles. The molecule has 0 aliphatic rings. The first kappa shape index (κ1) is 11.2. The van der Waals surface area contributed by atoms with Crippen molar-refractivity contribution >= 4 is 9.84 Å². The van der Waals surface area contributed by atoms with E-state index in [1.54, 1.807) is 19.4 Å². The molecule has 0 spiro atoms. The van der Waals surface area contributed by atoms with Crippen molar-refractivity contribution in [1.82, 2.24) is 15.3 Å². The first-order chi connectivity index (χ1) is 6.53. The van der Waals surface area contributed by atoms with Crippen molar-refractivity contribution in [2.75, 3.05) is 19.1 Å². The molecule has 2 N–H and O–H groups in total. The predicted octanol–water partition coefficient (Wildman–Crippen LogP) is 0.105. The third kappa shape index (κ3) is 3.47. The van der Waals surface area contributed by atoms with Crippen molar-refractivity contribution in [3.05, 3.63) is 18.2 Å². The van der Waals surface area contributed by atoms with E-state index < -0.39 is 9.84 Å². The Morgan fingerprint density at radius 3 is 2.79 bits per heavy atom. The molecule has 0 aromatic carbocycles. The fourth-order valence-electron chi connectivity index (χ4n) is 1.22. The lowest BCUT2D eigenvalue weighted by Gasteiger charge is -2.12. The molecule has 1 aromatic heterocycles. The Balaban J connectivity index is 2.57. The van der Waals surface area contributed by atoms with Gasteiger partial charge in [0.05, 0.1) is 11.8 Å². The Labute approximate surface area is 83.9 Å². The third-order valence-electron chi connectivity index (χ3n) is 1.98. The second kappa shape index (κ2) is 4.56. The highest BCUT2D eigenvalue weighted by Crippen LogP contribution is 2.11. The molecular weight excluding hydrogens is 202 g/mol. The quantitative estimate of drug-likeness (QED) is 0.734. The van der Waals surface area contributed by atoms with Crippen molar-refractivity contribution in [3.8, 4) is 0 Å². The monoisotopic (exact) mass is 217 g/mol. The highest BCUT2D eigenvalue weighted by atomic mass is 32.2. The van der Waals surface area contributed by atoms with Crippen LogP contribution in [-0.4, -0.2) is 37.4 Å². The van der Waals surface area contributed by atoms with Crippen LogP contribution < -0.4 is 5.32 Å². The molecule has 0 fully saturated rings. The molecule has 5 nitrogen and oxygen atoms in total. The number of rotatable bonds is 5. The molecule has 0 aliphatic carbocycles. The van der Waals surface area contributed by atoms with Gasteiger partial charge in [-0.3, -0.25) is 0 Å². The summed E-state index contributed by atoms with van der Waals surface area (Å²) < 4.78 is 21.9. The van der Waals surface area contributed by atoms with Crippen LogP contribution in [0, 0.1) is 0 Å². The van der Waals surface area contributed by atoms with Gasteiger partial charge in [0.2, 0.25) is 0 Å². The van der Waals surface area contributed by atoms with Crippen LogP contribution in [-0.2, 0) is 9.84 Å². The van der Waals surface area contributed by atoms with E-state index in [-0.39, 0.29) is 11.8 Å². The van der Waals surface area contributed by atoms with Crippen molar-refractivity contribution in [2.45, 2.75) is 12.5 Å². The van der Waals surface area contributed by atoms with E-state index in [0.717, 1.165) is 5.82 Å². The SMILES string of the molecule is CNC(CCS(C)(=O)=O)c1ncc[nH]1. The molecule has 0 amide bonds. The molecule has 1 unspecified atom stereocenters. The van der Waals surface area contributed by atoms with Gasteiger partial charge in [0, 0.05) is 18.6 Å². The third-order valence-corrected chi connectivity index (χ3v) is 2.95. The van der Waals surface area contributed by atoms with Gasteiger partial charge >= 0.3 is 0 Å². The lowest BCUT2D eigenvalue weighted by atomic mass is 10.2. The van der Waals surface area contributed by atoms with Crippen molar-refractivity contribution in [3.63, 3.8) is 0 Å². The predicted molar refractivity (Wildman–Crippen MR) is 54.7 cm³/mol. The van der Waals surface area contributed by atoms with Gasteiger partial charge in [0.1, 0.15) is 15.7 Å². The van der Waals surface area contributed by atoms with Gasteiger partial charge in [-0.2, -0.15) is 0 Å². The molecule has 1 rings (SSSR count). The molecule has 0 saturated carbocycles. The van der Waals surface area contributed by atoms with Crippen molar-refractivity contribution in [2.24, 2.45) is 0 Å². The number of nitrogens with zero attached hydrogens (tertiary/aromatic N) is 1. The fourth-order valence-corrected chi connectivity index (χ4v) is 1.88. The van der Waals surface area contributed by atoms with Crippen molar-refractivity contribution in [1.29, 1.82) is 0 Å². The largest absolute Gasteiger partial charge is 0.347 e. The zero-order valence-electron chi connectivity index (χ0n) is 8.32. The van der Waals surface area contributed by atoms with Gasteiger partial charge in [0.25, 0.3) is 0 Å². The summed E-state index contributed by atoms with van der Waals surface area (Å²) in [6.45, 7) is 0. The number of imidazole rings is 1. The van der Waals surface area contributed by atoms with Crippen LogP contribution in [0.15, 0.2) is 12.4 Å². The van der Waals surface area contributed by atoms with E-state index in [4.69, 9.17) is 0 Å². The van der Waals surface area contributed by atoms with E-state index in [9.17, 15) is 8.42 Å². The maximum absolute atomic E-state index is 11.0. The van der Waals surface area contributed by atoms with E-state index in [2.05, 4.69) is 15.3 Å². The van der Waals surface area contributed by atoms with Crippen LogP contribution >= 0.6 is 0 Å². The Hall–Kier alpha value is -0.880. The number of H-pyrrole nitrogens is 1. The maximum atomic E-state index is 11.0. The molecular formula is C8H15N3O2S. The maximum Gasteiger partial charge on any atom is 0.147 e. The van der Waals surface area contributed by atoms with Gasteiger partial charge in [0.15, 0.2) is 0 Å². The normalized spacial score (nSPS) is 14.1. The number of aromatic nitrogens is 2. The minimum Gasteiger partial charge on any atom is -0.347 e. The summed E-state index contributed by atoms with van der Waals surface area (Å²) in [5.74, 6) is 0.940. The summed E-state index contributed by atoms with van der Waals surface area (Å²) in [5.41, 5.74) is 0. The van der Waals surface area contributed by atoms with Crippen LogP contribution in [0.2, 0.25) is 0 Å². The fraction of sp³-hybridized carbons (Fsp3) is 0.625. The molecule has 0 saturated heterocycles. The molecule has 6 heteroatoms. The number of sulfone groups is 1. The zero-order chi connectivity index (χ0) is 10.6. The lowest BCUT2D eigenvalue weighted by molar-refractivity contribution is 0.539. The first-order valence-electron chi connectivity index (χ1n) is 4.37. The molecule has 0 bridgehead atoms. The van der Waals surface area contributed by atoms with Gasteiger partial charge in [-0.15, -0.1) is 0 Å². The molecule has 80 valence electrons. The summed E-state index contributed by atoms with van der Waals surface area (Å²) >= 11 is 0. The second-order valence-electron chi connectivity index (χ2n) is 3.23. The smallest absolute Gasteiger partial charge is 0.147 e. The number of hydrogen-bond donors (Lipinski definition) is 2. The van der Waals surface area contributed by atoms with Gasteiger partial charge < -0.3 is 10.3 Å². The summed E-state index contributed by atoms with van der Waals surface area (Å²) in [6, 6.07) is -0.0280. The Bertz CT molecular complexity index is 358. The molecule has 14 heavy (non-hydrogen) atoms. The average Bonchev–Trinajstić information content (AvgIpc) is 2.56. The number of nitrogens with one attached hydrogen (secondary N) is 2. The highest BCUT2D eigenvalue weighted by molar-refractivity contribution is 7.90. The van der Waals surface area contributed by atoms with E-state index in [1.807, 2.05) is 0 Å². The summed E-state index contributed by atoms with van der Waals surface area (Å²) in [6.07, 6.45) is 5.14. The van der Waals surface area contributed by atoms with Crippen LogP contribution in [0.25, 0.3) is 0 Å². The van der Waals surface area contributed by atoms with Gasteiger partial charge in [-0.1, -0.05) is 0 Å². The number of hydrogen-bond acceptors (Lipinski definition) is 4. The lowest BCUT2D eigenvalue weighted by Crippen LogP contribution is -2.21. The Morgan fingerprint density at radius 1 is 1.64 bits per heavy atom. The Morgan fingerprint density at radius 2 is 2.36 bits per heavy atom. The molecule has 1 atom stereocenters. The second-order valence-corrected chi connectivity index (χ2v) is 5.49. The van der Waals surface area contributed by atoms with Crippen LogP contribution in [0.4, 0.5) is 0 Å². The van der Waals surface area contributed by atoms with Crippen molar-refractivity contribution < 1.29 is 8.42 Å². The minimum absolute atomic E-state index is 0.0280. The highest BCUT2D eigenvalue weighted by Gasteiger charge is 2.13. The minimum atomic E-state index is -2.90. The van der Waals surface area contributed by atoms with E-state index >= 15 is 0 Å². The molecule has 0 radical (unpaired) electrons.